The molecule has 0 aromatic carbocycles. The minimum atomic E-state index is -1.09. The second kappa shape index (κ2) is 4.86. The minimum Gasteiger partial charge on any atom is -0.479 e. The van der Waals surface area contributed by atoms with Gasteiger partial charge in [-0.25, -0.2) is 4.79 Å². The van der Waals surface area contributed by atoms with Crippen molar-refractivity contribution >= 4 is 23.6 Å². The van der Waals surface area contributed by atoms with Crippen molar-refractivity contribution in [3.8, 4) is 0 Å². The van der Waals surface area contributed by atoms with Crippen molar-refractivity contribution in [1.82, 2.24) is 5.32 Å². The molecule has 2 aliphatic rings. The molecule has 5 nitrogen and oxygen atoms in total. The quantitative estimate of drug-likeness (QED) is 0.777. The van der Waals surface area contributed by atoms with Crippen molar-refractivity contribution in [2.24, 2.45) is 0 Å². The fourth-order valence-electron chi connectivity index (χ4n) is 2.20. The SMILES string of the molecule is CC1CCC(C(=O)NC2(C(=O)O)CCSC2)O1. The van der Waals surface area contributed by atoms with E-state index in [0.29, 0.717) is 18.6 Å². The Kier molecular flexibility index (Phi) is 3.63. The van der Waals surface area contributed by atoms with Gasteiger partial charge in [-0.2, -0.15) is 11.8 Å². The molecule has 2 aliphatic heterocycles. The summed E-state index contributed by atoms with van der Waals surface area (Å²) >= 11 is 1.56. The Balaban J connectivity index is 1.99. The molecule has 96 valence electrons. The Morgan fingerprint density at radius 3 is 2.71 bits per heavy atom. The lowest BCUT2D eigenvalue weighted by molar-refractivity contribution is -0.148. The van der Waals surface area contributed by atoms with Gasteiger partial charge in [-0.1, -0.05) is 0 Å². The molecular formula is C11H17NO4S. The second-order valence-corrected chi connectivity index (χ2v) is 5.80. The molecule has 1 amide bonds. The lowest BCUT2D eigenvalue weighted by atomic mass is 9.98. The monoisotopic (exact) mass is 259 g/mol. The molecule has 2 heterocycles. The van der Waals surface area contributed by atoms with Gasteiger partial charge in [0.15, 0.2) is 0 Å². The first-order valence-corrected chi connectivity index (χ1v) is 6.97. The summed E-state index contributed by atoms with van der Waals surface area (Å²) in [5.74, 6) is -0.00801. The summed E-state index contributed by atoms with van der Waals surface area (Å²) in [5, 5.41) is 11.9. The lowest BCUT2D eigenvalue weighted by Gasteiger charge is -2.26. The maximum atomic E-state index is 11.9. The topological polar surface area (TPSA) is 75.6 Å². The normalized spacial score (nSPS) is 37.0. The number of carbonyl (C=O) groups is 2. The Labute approximate surface area is 104 Å². The molecule has 3 atom stereocenters. The average Bonchev–Trinajstić information content (AvgIpc) is 2.87. The van der Waals surface area contributed by atoms with E-state index in [1.807, 2.05) is 6.92 Å². The predicted molar refractivity (Wildman–Crippen MR) is 64.0 cm³/mol. The lowest BCUT2D eigenvalue weighted by Crippen LogP contribution is -2.57. The molecule has 17 heavy (non-hydrogen) atoms. The number of thioether (sulfide) groups is 1. The van der Waals surface area contributed by atoms with Crippen molar-refractivity contribution in [3.05, 3.63) is 0 Å². The second-order valence-electron chi connectivity index (χ2n) is 4.69. The smallest absolute Gasteiger partial charge is 0.330 e. The third kappa shape index (κ3) is 2.57. The first-order valence-electron chi connectivity index (χ1n) is 5.82. The molecule has 0 saturated carbocycles. The van der Waals surface area contributed by atoms with Gasteiger partial charge < -0.3 is 15.2 Å². The number of carboxylic acid groups (broad SMARTS) is 1. The maximum Gasteiger partial charge on any atom is 0.330 e. The van der Waals surface area contributed by atoms with E-state index in [-0.39, 0.29) is 12.0 Å². The highest BCUT2D eigenvalue weighted by atomic mass is 32.2. The van der Waals surface area contributed by atoms with E-state index >= 15 is 0 Å². The maximum absolute atomic E-state index is 11.9. The van der Waals surface area contributed by atoms with Gasteiger partial charge in [0.05, 0.1) is 6.10 Å². The van der Waals surface area contributed by atoms with Crippen LogP contribution in [0.1, 0.15) is 26.2 Å². The van der Waals surface area contributed by atoms with Gasteiger partial charge in [0.25, 0.3) is 0 Å². The van der Waals surface area contributed by atoms with Gasteiger partial charge in [0.2, 0.25) is 5.91 Å². The number of carboxylic acids is 1. The van der Waals surface area contributed by atoms with E-state index in [9.17, 15) is 14.7 Å². The third-order valence-electron chi connectivity index (χ3n) is 3.32. The first kappa shape index (κ1) is 12.7. The van der Waals surface area contributed by atoms with Crippen LogP contribution in [-0.4, -0.2) is 46.2 Å². The van der Waals surface area contributed by atoms with E-state index in [1.54, 1.807) is 11.8 Å². The highest BCUT2D eigenvalue weighted by molar-refractivity contribution is 7.99. The molecule has 0 aliphatic carbocycles. The number of amides is 1. The molecule has 0 aromatic rings. The van der Waals surface area contributed by atoms with Crippen LogP contribution in [0.2, 0.25) is 0 Å². The van der Waals surface area contributed by atoms with Crippen LogP contribution in [0, 0.1) is 0 Å². The molecule has 6 heteroatoms. The van der Waals surface area contributed by atoms with Crippen molar-refractivity contribution < 1.29 is 19.4 Å². The number of hydrogen-bond acceptors (Lipinski definition) is 4. The van der Waals surface area contributed by atoms with Crippen LogP contribution in [0.5, 0.6) is 0 Å². The largest absolute Gasteiger partial charge is 0.479 e. The Morgan fingerprint density at radius 1 is 1.47 bits per heavy atom. The van der Waals surface area contributed by atoms with Crippen LogP contribution in [0.4, 0.5) is 0 Å². The minimum absolute atomic E-state index is 0.0875. The van der Waals surface area contributed by atoms with Crippen molar-refractivity contribution in [2.75, 3.05) is 11.5 Å². The summed E-state index contributed by atoms with van der Waals surface area (Å²) in [6.45, 7) is 1.92. The van der Waals surface area contributed by atoms with E-state index in [0.717, 1.165) is 12.2 Å². The molecule has 2 rings (SSSR count). The summed E-state index contributed by atoms with van der Waals surface area (Å²) in [6, 6.07) is 0. The number of hydrogen-bond donors (Lipinski definition) is 2. The molecule has 0 radical (unpaired) electrons. The van der Waals surface area contributed by atoms with E-state index in [2.05, 4.69) is 5.32 Å². The van der Waals surface area contributed by atoms with Crippen LogP contribution in [0.25, 0.3) is 0 Å². The molecular weight excluding hydrogens is 242 g/mol. The summed E-state index contributed by atoms with van der Waals surface area (Å²) in [7, 11) is 0. The molecule has 0 aromatic heterocycles. The zero-order valence-corrected chi connectivity index (χ0v) is 10.6. The highest BCUT2D eigenvalue weighted by Crippen LogP contribution is 2.29. The Hall–Kier alpha value is -0.750. The summed E-state index contributed by atoms with van der Waals surface area (Å²) < 4.78 is 5.45. The van der Waals surface area contributed by atoms with Gasteiger partial charge in [0, 0.05) is 5.75 Å². The van der Waals surface area contributed by atoms with Crippen LogP contribution < -0.4 is 5.32 Å². The number of rotatable bonds is 3. The van der Waals surface area contributed by atoms with E-state index in [1.165, 1.54) is 0 Å². The molecule has 3 unspecified atom stereocenters. The Bertz CT molecular complexity index is 327. The number of aliphatic carboxylic acids is 1. The zero-order chi connectivity index (χ0) is 12.5. The van der Waals surface area contributed by atoms with Gasteiger partial charge in [-0.05, 0) is 31.9 Å². The van der Waals surface area contributed by atoms with Gasteiger partial charge in [0.1, 0.15) is 11.6 Å². The molecule has 0 bridgehead atoms. The van der Waals surface area contributed by atoms with Crippen LogP contribution in [0.15, 0.2) is 0 Å². The molecule has 2 fully saturated rings. The molecule has 0 spiro atoms. The number of nitrogens with one attached hydrogen (secondary N) is 1. The number of ether oxygens (including phenoxy) is 1. The molecule has 2 N–H and O–H groups in total. The van der Waals surface area contributed by atoms with E-state index < -0.39 is 17.6 Å². The predicted octanol–water partition coefficient (Wildman–Crippen LogP) is 0.630. The van der Waals surface area contributed by atoms with Crippen molar-refractivity contribution in [1.29, 1.82) is 0 Å². The van der Waals surface area contributed by atoms with E-state index in [4.69, 9.17) is 4.74 Å². The summed E-state index contributed by atoms with van der Waals surface area (Å²) in [4.78, 5) is 23.2. The van der Waals surface area contributed by atoms with Crippen molar-refractivity contribution in [2.45, 2.75) is 43.9 Å². The van der Waals surface area contributed by atoms with Gasteiger partial charge >= 0.3 is 5.97 Å². The third-order valence-corrected chi connectivity index (χ3v) is 4.51. The standard InChI is InChI=1S/C11H17NO4S/c1-7-2-3-8(16-7)9(13)12-11(10(14)15)4-5-17-6-11/h7-8H,2-6H2,1H3,(H,12,13)(H,14,15). The number of carbonyl (C=O) groups excluding carboxylic acids is 1. The fraction of sp³-hybridized carbons (Fsp3) is 0.818. The van der Waals surface area contributed by atoms with Crippen LogP contribution in [0.3, 0.4) is 0 Å². The average molecular weight is 259 g/mol. The summed E-state index contributed by atoms with van der Waals surface area (Å²) in [5.41, 5.74) is -1.09. The Morgan fingerprint density at radius 2 is 2.24 bits per heavy atom. The fourth-order valence-corrected chi connectivity index (χ4v) is 3.52. The molecule has 2 saturated heterocycles. The summed E-state index contributed by atoms with van der Waals surface area (Å²) in [6.07, 6.45) is 1.63. The van der Waals surface area contributed by atoms with Gasteiger partial charge in [-0.15, -0.1) is 0 Å². The zero-order valence-electron chi connectivity index (χ0n) is 9.77. The van der Waals surface area contributed by atoms with Gasteiger partial charge in [-0.3, -0.25) is 4.79 Å². The van der Waals surface area contributed by atoms with Crippen LogP contribution >= 0.6 is 11.8 Å². The highest BCUT2D eigenvalue weighted by Gasteiger charge is 2.45. The van der Waals surface area contributed by atoms with Crippen molar-refractivity contribution in [3.63, 3.8) is 0 Å². The van der Waals surface area contributed by atoms with Crippen LogP contribution in [-0.2, 0) is 14.3 Å². The first-order chi connectivity index (χ1) is 8.03.